The highest BCUT2D eigenvalue weighted by Crippen LogP contribution is 2.34. The number of aromatic nitrogens is 1. The van der Waals surface area contributed by atoms with Crippen molar-refractivity contribution >= 4 is 43.2 Å². The van der Waals surface area contributed by atoms with Gasteiger partial charge in [0.2, 0.25) is 0 Å². The molecule has 0 aromatic carbocycles. The second kappa shape index (κ2) is 7.89. The molecular weight excluding hydrogens is 318 g/mol. The first-order chi connectivity index (χ1) is 10.6. The number of amides is 1. The number of carbonyl (C=O) groups excluding carboxylic acids is 1. The number of thiophene rings is 1. The minimum absolute atomic E-state index is 0.0509. The number of hydrogen-bond acceptors (Lipinski definition) is 6. The zero-order valence-electron chi connectivity index (χ0n) is 13.3. The molecule has 1 unspecified atom stereocenters. The summed E-state index contributed by atoms with van der Waals surface area (Å²) in [6.07, 6.45) is 1.49. The topological polar surface area (TPSA) is 65.5 Å². The van der Waals surface area contributed by atoms with Gasteiger partial charge in [0, 0.05) is 25.7 Å². The Morgan fingerprint density at radius 1 is 1.41 bits per heavy atom. The maximum Gasteiger partial charge on any atom is 0.261 e. The maximum absolute atomic E-state index is 12.2. The number of nitrogens with one attached hydrogen (secondary N) is 1. The van der Waals surface area contributed by atoms with E-state index in [1.807, 2.05) is 13.0 Å². The third-order valence-electron chi connectivity index (χ3n) is 3.51. The molecule has 0 radical (unpaired) electrons. The van der Waals surface area contributed by atoms with Crippen LogP contribution in [0.4, 0.5) is 5.13 Å². The predicted molar refractivity (Wildman–Crippen MR) is 94.3 cm³/mol. The fraction of sp³-hybridized carbons (Fsp3) is 0.600. The maximum atomic E-state index is 12.2. The molecule has 0 aliphatic carbocycles. The Labute approximate surface area is 139 Å². The summed E-state index contributed by atoms with van der Waals surface area (Å²) < 4.78 is 1.07. The Bertz CT molecular complexity index is 588. The lowest BCUT2D eigenvalue weighted by Crippen LogP contribution is -2.32. The summed E-state index contributed by atoms with van der Waals surface area (Å²) in [6, 6.07) is 2.00. The van der Waals surface area contributed by atoms with Crippen molar-refractivity contribution in [1.29, 1.82) is 0 Å². The number of carbonyl (C=O) groups is 1. The van der Waals surface area contributed by atoms with Crippen LogP contribution in [-0.2, 0) is 0 Å². The molecule has 5 nitrogen and oxygen atoms in total. The van der Waals surface area contributed by atoms with Crippen LogP contribution in [0.3, 0.4) is 0 Å². The van der Waals surface area contributed by atoms with Crippen LogP contribution in [0.15, 0.2) is 6.07 Å². The van der Waals surface area contributed by atoms with E-state index in [0.717, 1.165) is 34.2 Å². The highest BCUT2D eigenvalue weighted by Gasteiger charge is 2.17. The molecule has 2 aromatic rings. The number of thiazole rings is 1. The summed E-state index contributed by atoms with van der Waals surface area (Å²) in [5.74, 6) is -0.0509. The first kappa shape index (κ1) is 17.2. The molecule has 0 aliphatic heterocycles. The number of rotatable bonds is 8. The van der Waals surface area contributed by atoms with Gasteiger partial charge in [0.15, 0.2) is 5.13 Å². The lowest BCUT2D eigenvalue weighted by atomic mass is 10.2. The second-order valence-corrected chi connectivity index (χ2v) is 7.23. The van der Waals surface area contributed by atoms with Gasteiger partial charge in [-0.15, -0.1) is 11.3 Å². The minimum Gasteiger partial charge on any atom is -0.396 e. The molecule has 0 bridgehead atoms. The Balaban J connectivity index is 2.06. The molecule has 0 aliphatic rings. The summed E-state index contributed by atoms with van der Waals surface area (Å²) >= 11 is 3.08. The quantitative estimate of drug-likeness (QED) is 0.774. The van der Waals surface area contributed by atoms with Crippen molar-refractivity contribution in [2.45, 2.75) is 39.7 Å². The molecular formula is C15H23N3O2S2. The van der Waals surface area contributed by atoms with E-state index in [9.17, 15) is 4.79 Å². The van der Waals surface area contributed by atoms with Crippen molar-refractivity contribution < 1.29 is 9.90 Å². The van der Waals surface area contributed by atoms with Gasteiger partial charge in [-0.2, -0.15) is 0 Å². The molecule has 2 aromatic heterocycles. The van der Waals surface area contributed by atoms with Crippen LogP contribution in [0.25, 0.3) is 9.53 Å². The number of aliphatic hydroxyl groups excluding tert-OH is 1. The van der Waals surface area contributed by atoms with Gasteiger partial charge in [-0.05, 0) is 39.7 Å². The van der Waals surface area contributed by atoms with E-state index >= 15 is 0 Å². The fourth-order valence-electron chi connectivity index (χ4n) is 2.23. The number of aliphatic hydroxyl groups is 1. The van der Waals surface area contributed by atoms with E-state index in [2.05, 4.69) is 29.0 Å². The minimum atomic E-state index is -0.0509. The first-order valence-electron chi connectivity index (χ1n) is 7.66. The number of fused-ring (bicyclic) bond motifs is 1. The van der Waals surface area contributed by atoms with Gasteiger partial charge in [0.05, 0.1) is 9.58 Å². The van der Waals surface area contributed by atoms with Crippen molar-refractivity contribution in [3.8, 4) is 0 Å². The third kappa shape index (κ3) is 3.97. The van der Waals surface area contributed by atoms with Crippen molar-refractivity contribution in [2.75, 3.05) is 24.6 Å². The molecule has 7 heteroatoms. The zero-order chi connectivity index (χ0) is 16.1. The van der Waals surface area contributed by atoms with Crippen LogP contribution in [0.2, 0.25) is 0 Å². The lowest BCUT2D eigenvalue weighted by molar-refractivity contribution is 0.0940. The molecule has 1 atom stereocenters. The molecule has 122 valence electrons. The molecule has 2 heterocycles. The molecule has 0 saturated heterocycles. The average molecular weight is 342 g/mol. The molecule has 2 N–H and O–H groups in total. The second-order valence-electron chi connectivity index (χ2n) is 5.19. The summed E-state index contributed by atoms with van der Waals surface area (Å²) in [6.45, 7) is 8.23. The van der Waals surface area contributed by atoms with Gasteiger partial charge >= 0.3 is 0 Å². The fourth-order valence-corrected chi connectivity index (χ4v) is 4.47. The van der Waals surface area contributed by atoms with Gasteiger partial charge in [0.25, 0.3) is 5.91 Å². The summed E-state index contributed by atoms with van der Waals surface area (Å²) in [4.78, 5) is 20.7. The number of hydrogen-bond donors (Lipinski definition) is 2. The SMILES string of the molecule is CCN(CC)c1nc2sc(C(=O)NC(C)CCCO)cc2s1. The number of anilines is 1. The van der Waals surface area contributed by atoms with Crippen LogP contribution in [0.1, 0.15) is 43.3 Å². The largest absolute Gasteiger partial charge is 0.396 e. The van der Waals surface area contributed by atoms with Crippen LogP contribution in [-0.4, -0.2) is 41.7 Å². The van der Waals surface area contributed by atoms with Crippen LogP contribution in [0.5, 0.6) is 0 Å². The smallest absolute Gasteiger partial charge is 0.261 e. The van der Waals surface area contributed by atoms with E-state index < -0.39 is 0 Å². The predicted octanol–water partition coefficient (Wildman–Crippen LogP) is 3.09. The summed E-state index contributed by atoms with van der Waals surface area (Å²) in [5, 5.41) is 12.8. The third-order valence-corrected chi connectivity index (χ3v) is 5.73. The number of nitrogens with zero attached hydrogens (tertiary/aromatic N) is 2. The zero-order valence-corrected chi connectivity index (χ0v) is 14.9. The van der Waals surface area contributed by atoms with Gasteiger partial charge in [0.1, 0.15) is 4.83 Å². The highest BCUT2D eigenvalue weighted by molar-refractivity contribution is 7.29. The van der Waals surface area contributed by atoms with E-state index in [1.165, 1.54) is 11.3 Å². The van der Waals surface area contributed by atoms with Crippen molar-refractivity contribution in [3.05, 3.63) is 10.9 Å². The first-order valence-corrected chi connectivity index (χ1v) is 9.29. The normalized spacial score (nSPS) is 12.5. The molecule has 2 rings (SSSR count). The Morgan fingerprint density at radius 2 is 2.14 bits per heavy atom. The van der Waals surface area contributed by atoms with Crippen molar-refractivity contribution in [1.82, 2.24) is 10.3 Å². The van der Waals surface area contributed by atoms with Crippen LogP contribution in [0, 0.1) is 0 Å². The van der Waals surface area contributed by atoms with E-state index in [-0.39, 0.29) is 18.6 Å². The summed E-state index contributed by atoms with van der Waals surface area (Å²) in [7, 11) is 0. The van der Waals surface area contributed by atoms with E-state index in [1.54, 1.807) is 11.3 Å². The lowest BCUT2D eigenvalue weighted by Gasteiger charge is -2.16. The van der Waals surface area contributed by atoms with Crippen molar-refractivity contribution in [3.63, 3.8) is 0 Å². The Morgan fingerprint density at radius 3 is 2.73 bits per heavy atom. The van der Waals surface area contributed by atoms with Crippen LogP contribution >= 0.6 is 22.7 Å². The Hall–Kier alpha value is -1.18. The van der Waals surface area contributed by atoms with E-state index in [4.69, 9.17) is 5.11 Å². The average Bonchev–Trinajstić information content (AvgIpc) is 3.05. The van der Waals surface area contributed by atoms with Crippen molar-refractivity contribution in [2.24, 2.45) is 0 Å². The van der Waals surface area contributed by atoms with Gasteiger partial charge in [-0.1, -0.05) is 11.3 Å². The molecule has 0 saturated carbocycles. The standard InChI is InChI=1S/C15H23N3O2S2/c1-4-18(5-2)15-17-14-12(22-15)9-11(21-14)13(20)16-10(3)7-6-8-19/h9-10,19H,4-8H2,1-3H3,(H,16,20). The molecule has 1 amide bonds. The molecule has 0 fully saturated rings. The van der Waals surface area contributed by atoms with Gasteiger partial charge in [-0.3, -0.25) is 4.79 Å². The monoisotopic (exact) mass is 341 g/mol. The molecule has 0 spiro atoms. The Kier molecular flexibility index (Phi) is 6.16. The van der Waals surface area contributed by atoms with Gasteiger partial charge in [-0.25, -0.2) is 4.98 Å². The van der Waals surface area contributed by atoms with Gasteiger partial charge < -0.3 is 15.3 Å². The van der Waals surface area contributed by atoms with E-state index in [0.29, 0.717) is 11.3 Å². The molecule has 22 heavy (non-hydrogen) atoms. The summed E-state index contributed by atoms with van der Waals surface area (Å²) in [5.41, 5.74) is 0. The van der Waals surface area contributed by atoms with Crippen LogP contribution < -0.4 is 10.2 Å². The highest BCUT2D eigenvalue weighted by atomic mass is 32.1.